The molecule has 0 unspecified atom stereocenters. The van der Waals surface area contributed by atoms with Crippen molar-refractivity contribution in [3.63, 3.8) is 0 Å². The molecule has 0 spiro atoms. The first-order valence-electron chi connectivity index (χ1n) is 22.7. The maximum atomic E-state index is 12.4. The Balaban J connectivity index is 0.000000152. The van der Waals surface area contributed by atoms with Crippen molar-refractivity contribution in [3.05, 3.63) is 159 Å². The Hall–Kier alpha value is -8.03. The van der Waals surface area contributed by atoms with Gasteiger partial charge < -0.3 is 20.7 Å². The summed E-state index contributed by atoms with van der Waals surface area (Å²) >= 11 is 0. The van der Waals surface area contributed by atoms with Crippen molar-refractivity contribution in [2.75, 3.05) is 0 Å². The van der Waals surface area contributed by atoms with E-state index in [-0.39, 0.29) is 30.9 Å². The second kappa shape index (κ2) is 21.1. The first-order valence-corrected chi connectivity index (χ1v) is 22.7. The second-order valence-electron chi connectivity index (χ2n) is 18.0. The van der Waals surface area contributed by atoms with Gasteiger partial charge in [-0.2, -0.15) is 10.5 Å². The molecule has 1 amide bonds. The van der Waals surface area contributed by atoms with Crippen LogP contribution in [-0.4, -0.2) is 54.6 Å². The number of primary amides is 1. The number of amides is 1. The van der Waals surface area contributed by atoms with E-state index >= 15 is 0 Å². The fourth-order valence-corrected chi connectivity index (χ4v) is 9.52. The number of esters is 1. The second-order valence-corrected chi connectivity index (χ2v) is 18.0. The molecule has 0 bridgehead atoms. The van der Waals surface area contributed by atoms with E-state index in [1.165, 1.54) is 34.0 Å². The van der Waals surface area contributed by atoms with Gasteiger partial charge in [0.05, 0.1) is 19.3 Å². The lowest BCUT2D eigenvalue weighted by molar-refractivity contribution is -0.154. The number of nitrogens with two attached hydrogens (primary N) is 1. The lowest BCUT2D eigenvalue weighted by atomic mass is 9.91. The number of nitrogens with zero attached hydrogens (tertiary/aromatic N) is 5. The number of aliphatic carboxylic acids is 2. The number of rotatable bonds is 10. The van der Waals surface area contributed by atoms with E-state index in [4.69, 9.17) is 21.0 Å². The number of carbonyl (C=O) groups is 4. The van der Waals surface area contributed by atoms with Crippen molar-refractivity contribution >= 4 is 23.8 Å². The average molecular weight is 909 g/mol. The molecule has 4 N–H and O–H groups in total. The number of carboxylic acids is 2. The maximum absolute atomic E-state index is 12.4. The number of carboxylic acid groups (broad SMARTS) is 2. The molecule has 0 atom stereocenters. The number of aryl methyl sites for hydroxylation is 3. The third kappa shape index (κ3) is 11.5. The number of carbonyl (C=O) groups excluding carboxylic acids is 2. The lowest BCUT2D eigenvalue weighted by Gasteiger charge is -2.21. The highest BCUT2D eigenvalue weighted by atomic mass is 16.6. The summed E-state index contributed by atoms with van der Waals surface area (Å²) in [6.45, 7) is 5.63. The summed E-state index contributed by atoms with van der Waals surface area (Å²) in [4.78, 5) is 58.1. The summed E-state index contributed by atoms with van der Waals surface area (Å²) in [7, 11) is 0. The average Bonchev–Trinajstić information content (AvgIpc) is 4.11. The molecule has 0 aliphatic heterocycles. The van der Waals surface area contributed by atoms with Crippen molar-refractivity contribution in [1.82, 2.24) is 15.0 Å². The Morgan fingerprint density at radius 3 is 1.32 bits per heavy atom. The highest BCUT2D eigenvalue weighted by Crippen LogP contribution is 2.37. The van der Waals surface area contributed by atoms with Crippen LogP contribution in [0.3, 0.4) is 0 Å². The van der Waals surface area contributed by atoms with Crippen LogP contribution in [0.25, 0.3) is 33.4 Å². The fourth-order valence-electron chi connectivity index (χ4n) is 9.52. The number of benzene rings is 3. The number of hydrogen-bond acceptors (Lipinski definition) is 10. The topological polar surface area (TPSA) is 230 Å². The van der Waals surface area contributed by atoms with Crippen LogP contribution in [-0.2, 0) is 76.9 Å². The molecule has 6 aromatic rings. The molecule has 3 heterocycles. The zero-order valence-corrected chi connectivity index (χ0v) is 38.4. The van der Waals surface area contributed by atoms with Crippen LogP contribution in [0.2, 0.25) is 0 Å². The Kier molecular flexibility index (Phi) is 14.9. The Morgan fingerprint density at radius 2 is 0.956 bits per heavy atom. The van der Waals surface area contributed by atoms with Crippen LogP contribution < -0.4 is 5.73 Å². The van der Waals surface area contributed by atoms with Gasteiger partial charge in [-0.3, -0.25) is 24.2 Å². The van der Waals surface area contributed by atoms with E-state index < -0.39 is 23.4 Å². The predicted molar refractivity (Wildman–Crippen MR) is 255 cm³/mol. The van der Waals surface area contributed by atoms with E-state index in [0.717, 1.165) is 113 Å². The van der Waals surface area contributed by atoms with Crippen LogP contribution in [0.4, 0.5) is 0 Å². The number of fused-ring (bicyclic) bond motifs is 3. The van der Waals surface area contributed by atoms with Gasteiger partial charge in [0.2, 0.25) is 0 Å². The summed E-state index contributed by atoms with van der Waals surface area (Å²) in [5, 5.41) is 36.5. The fraction of sp³-hybridized carbons (Fsp3) is 0.291. The molecule has 0 radical (unpaired) electrons. The van der Waals surface area contributed by atoms with Crippen LogP contribution in [0.5, 0.6) is 0 Å². The summed E-state index contributed by atoms with van der Waals surface area (Å²) in [5.41, 5.74) is 21.1. The molecule has 13 nitrogen and oxygen atoms in total. The lowest BCUT2D eigenvalue weighted by Crippen LogP contribution is -2.25. The zero-order valence-electron chi connectivity index (χ0n) is 38.4. The first-order chi connectivity index (χ1) is 32.6. The molecule has 68 heavy (non-hydrogen) atoms. The van der Waals surface area contributed by atoms with E-state index in [1.54, 1.807) is 36.7 Å². The zero-order chi connectivity index (χ0) is 48.5. The molecule has 344 valence electrons. The summed E-state index contributed by atoms with van der Waals surface area (Å²) < 4.78 is 5.53. The molecule has 0 fully saturated rings. The number of nitriles is 2. The van der Waals surface area contributed by atoms with E-state index in [0.29, 0.717) is 11.4 Å². The summed E-state index contributed by atoms with van der Waals surface area (Å²) in [6, 6.07) is 26.9. The van der Waals surface area contributed by atoms with Crippen LogP contribution in [0, 0.1) is 22.7 Å². The van der Waals surface area contributed by atoms with Gasteiger partial charge in [-0.25, -0.2) is 9.97 Å². The highest BCUT2D eigenvalue weighted by molar-refractivity contribution is 5.92. The normalized spacial score (nSPS) is 13.0. The van der Waals surface area contributed by atoms with Crippen molar-refractivity contribution in [2.24, 2.45) is 5.73 Å². The maximum Gasteiger partial charge on any atom is 0.310 e. The van der Waals surface area contributed by atoms with Gasteiger partial charge in [0.25, 0.3) is 5.91 Å². The quantitative estimate of drug-likeness (QED) is 0.110. The highest BCUT2D eigenvalue weighted by Gasteiger charge is 2.25. The van der Waals surface area contributed by atoms with E-state index in [1.807, 2.05) is 57.2 Å². The van der Waals surface area contributed by atoms with Gasteiger partial charge in [0, 0.05) is 18.6 Å². The van der Waals surface area contributed by atoms with E-state index in [2.05, 4.69) is 39.2 Å². The molecule has 3 aromatic carbocycles. The van der Waals surface area contributed by atoms with Crippen LogP contribution in [0.1, 0.15) is 112 Å². The van der Waals surface area contributed by atoms with Gasteiger partial charge >= 0.3 is 17.9 Å². The molecule has 3 aliphatic carbocycles. The molecule has 3 aliphatic rings. The SMILES string of the molecule is CC(C)(C)OC(=O)Cc1c(-c2ccnc(C#N)c2)ccc2c1CCC2.N#Cc1cc(-c2ccc3c(c2CC(=O)O)CCC3)ccn1.NC(=O)c1cc(-c2ccc3c(c2CC(=O)O)CCC3)ccn1. The molecule has 13 heteroatoms. The molecule has 0 saturated carbocycles. The monoisotopic (exact) mass is 908 g/mol. The molecule has 9 rings (SSSR count). The van der Waals surface area contributed by atoms with Gasteiger partial charge in [-0.1, -0.05) is 36.4 Å². The summed E-state index contributed by atoms with van der Waals surface area (Å²) in [5.74, 6) is -2.50. The Bertz CT molecular complexity index is 3030. The Labute approximate surface area is 395 Å². The minimum Gasteiger partial charge on any atom is -0.481 e. The number of pyridine rings is 3. The minimum absolute atomic E-state index is 0.0166. The first kappa shape index (κ1) is 47.9. The number of aromatic nitrogens is 3. The number of ether oxygens (including phenoxy) is 1. The molecular weight excluding hydrogens is 857 g/mol. The standard InChI is InChI=1S/C21H22N2O2.C17H16N2O3.C17H14N2O2/c1-21(2,3)25-20(24)12-19-17-6-4-5-14(17)7-8-18(19)15-9-10-23-16(11-15)13-22;18-17(22)15-8-11(6-7-19-15)13-5-4-10-2-1-3-12(10)14(13)9-16(20)21;18-10-13-8-12(6-7-19-13)15-5-4-11-2-1-3-14(11)16(15)9-17(20)21/h7-11H,4-6,12H2,1-3H3;4-8H,1-3,9H2,(H2,18,22)(H,20,21);4-8H,1-3,9H2,(H,20,21). The van der Waals surface area contributed by atoms with Crippen molar-refractivity contribution < 1.29 is 34.1 Å². The van der Waals surface area contributed by atoms with Gasteiger partial charge in [-0.05, 0) is 198 Å². The largest absolute Gasteiger partial charge is 0.481 e. The predicted octanol–water partition coefficient (Wildman–Crippen LogP) is 8.69. The Morgan fingerprint density at radius 1 is 0.574 bits per heavy atom. The van der Waals surface area contributed by atoms with Crippen molar-refractivity contribution in [2.45, 2.75) is 103 Å². The van der Waals surface area contributed by atoms with Crippen molar-refractivity contribution in [1.29, 1.82) is 10.5 Å². The van der Waals surface area contributed by atoms with Gasteiger partial charge in [0.1, 0.15) is 34.8 Å². The molecular formula is C55H52N6O7. The smallest absolute Gasteiger partial charge is 0.310 e. The number of hydrogen-bond donors (Lipinski definition) is 3. The van der Waals surface area contributed by atoms with Crippen LogP contribution >= 0.6 is 0 Å². The van der Waals surface area contributed by atoms with Crippen LogP contribution in [0.15, 0.2) is 91.4 Å². The van der Waals surface area contributed by atoms with Gasteiger partial charge in [0.15, 0.2) is 0 Å². The van der Waals surface area contributed by atoms with E-state index in [9.17, 15) is 29.4 Å². The third-order valence-electron chi connectivity index (χ3n) is 12.3. The molecule has 0 saturated heterocycles. The third-order valence-corrected chi connectivity index (χ3v) is 12.3. The summed E-state index contributed by atoms with van der Waals surface area (Å²) in [6.07, 6.45) is 14.1. The molecule has 3 aromatic heterocycles. The minimum atomic E-state index is -0.856. The van der Waals surface area contributed by atoms with Crippen molar-refractivity contribution in [3.8, 4) is 45.5 Å². The van der Waals surface area contributed by atoms with Gasteiger partial charge in [-0.15, -0.1) is 0 Å².